The minimum atomic E-state index is -2.82. The quantitative estimate of drug-likeness (QED) is 0.280. The van der Waals surface area contributed by atoms with Crippen molar-refractivity contribution in [3.63, 3.8) is 0 Å². The number of hydrogen-bond acceptors (Lipinski definition) is 3. The Morgan fingerprint density at radius 2 is 1.14 bits per heavy atom. The zero-order chi connectivity index (χ0) is 25.8. The Labute approximate surface area is 215 Å². The number of ether oxygens (including phenoxy) is 1. The van der Waals surface area contributed by atoms with Gasteiger partial charge in [0.25, 0.3) is 0 Å². The Morgan fingerprint density at radius 3 is 1.68 bits per heavy atom. The molecule has 0 spiro atoms. The Balaban J connectivity index is 1.67. The summed E-state index contributed by atoms with van der Waals surface area (Å²) >= 11 is 0. The van der Waals surface area contributed by atoms with Crippen molar-refractivity contribution in [2.45, 2.75) is 5.85 Å². The summed E-state index contributed by atoms with van der Waals surface area (Å²) in [5, 5.41) is 8.73. The number of amides is 4. The Bertz CT molecular complexity index is 1440. The van der Waals surface area contributed by atoms with Crippen LogP contribution in [0.3, 0.4) is 0 Å². The van der Waals surface area contributed by atoms with Crippen LogP contribution >= 0.6 is 7.26 Å². The van der Waals surface area contributed by atoms with E-state index in [2.05, 4.69) is 47.0 Å². The van der Waals surface area contributed by atoms with Crippen LogP contribution in [0.5, 0.6) is 0 Å². The number of urea groups is 2. The molecular formula is C29H27N4O3P. The number of carbonyl (C=O) groups excluding carboxylic acids is 2. The van der Waals surface area contributed by atoms with Crippen LogP contribution in [0.1, 0.15) is 5.56 Å². The van der Waals surface area contributed by atoms with Crippen molar-refractivity contribution >= 4 is 52.4 Å². The third-order valence-corrected chi connectivity index (χ3v) is 11.3. The van der Waals surface area contributed by atoms with Gasteiger partial charge in [0.15, 0.2) is 0 Å². The van der Waals surface area contributed by atoms with Crippen LogP contribution < -0.4 is 38.0 Å². The molecule has 1 aliphatic rings. The molecular weight excluding hydrogens is 483 g/mol. The molecule has 1 heterocycles. The first-order chi connectivity index (χ1) is 18.0. The van der Waals surface area contributed by atoms with Crippen molar-refractivity contribution in [3.05, 3.63) is 121 Å². The molecule has 4 aromatic rings. The maximum absolute atomic E-state index is 11.6. The fourth-order valence-corrected chi connectivity index (χ4v) is 9.79. The number of rotatable bonds is 7. The van der Waals surface area contributed by atoms with E-state index in [1.807, 2.05) is 72.8 Å². The zero-order valence-corrected chi connectivity index (χ0v) is 20.9. The van der Waals surface area contributed by atoms with Crippen LogP contribution in [0.4, 0.5) is 21.0 Å². The van der Waals surface area contributed by atoms with Crippen LogP contribution in [-0.2, 0) is 4.74 Å². The van der Waals surface area contributed by atoms with Crippen molar-refractivity contribution in [2.24, 2.45) is 11.5 Å². The number of benzene rings is 4. The molecule has 6 N–H and O–H groups in total. The molecule has 4 amide bonds. The van der Waals surface area contributed by atoms with Gasteiger partial charge in [-0.25, -0.2) is 0 Å². The number of nitrogens with one attached hydrogen (secondary N) is 2. The van der Waals surface area contributed by atoms with Gasteiger partial charge in [0, 0.05) is 0 Å². The predicted molar refractivity (Wildman–Crippen MR) is 152 cm³/mol. The molecule has 186 valence electrons. The third kappa shape index (κ3) is 4.77. The van der Waals surface area contributed by atoms with Crippen LogP contribution in [0.25, 0.3) is 5.76 Å². The summed E-state index contributed by atoms with van der Waals surface area (Å²) in [7, 11) is -2.82. The zero-order valence-electron chi connectivity index (χ0n) is 19.9. The first-order valence-corrected chi connectivity index (χ1v) is 13.9. The summed E-state index contributed by atoms with van der Waals surface area (Å²) in [5.41, 5.74) is 12.8. The minimum absolute atomic E-state index is 0.233. The Kier molecular flexibility index (Phi) is 6.62. The summed E-state index contributed by atoms with van der Waals surface area (Å²) in [6, 6.07) is 34.7. The van der Waals surface area contributed by atoms with Crippen LogP contribution in [0.2, 0.25) is 0 Å². The van der Waals surface area contributed by atoms with Crippen molar-refractivity contribution in [2.75, 3.05) is 10.6 Å². The average Bonchev–Trinajstić information content (AvgIpc) is 2.86. The topological polar surface area (TPSA) is 119 Å². The summed E-state index contributed by atoms with van der Waals surface area (Å²) in [4.78, 5) is 22.9. The van der Waals surface area contributed by atoms with E-state index in [0.29, 0.717) is 11.4 Å². The number of hydrogen-bond donors (Lipinski definition) is 4. The van der Waals surface area contributed by atoms with E-state index in [1.165, 1.54) is 10.6 Å². The second kappa shape index (κ2) is 10.2. The number of carbonyl (C=O) groups is 2. The van der Waals surface area contributed by atoms with Gasteiger partial charge in [0.2, 0.25) is 0 Å². The second-order valence-electron chi connectivity index (χ2n) is 8.75. The van der Waals surface area contributed by atoms with E-state index in [4.69, 9.17) is 16.2 Å². The van der Waals surface area contributed by atoms with Crippen molar-refractivity contribution < 1.29 is 14.3 Å². The molecule has 5 rings (SSSR count). The van der Waals surface area contributed by atoms with Crippen molar-refractivity contribution in [1.82, 2.24) is 0 Å². The Hall–Kier alpha value is -4.61. The molecule has 4 aromatic carbocycles. The van der Waals surface area contributed by atoms with Crippen molar-refractivity contribution in [1.29, 1.82) is 0 Å². The molecule has 0 fully saturated rings. The third-order valence-electron chi connectivity index (χ3n) is 6.44. The van der Waals surface area contributed by atoms with Gasteiger partial charge in [-0.3, -0.25) is 0 Å². The van der Waals surface area contributed by atoms with E-state index in [1.54, 1.807) is 6.07 Å². The van der Waals surface area contributed by atoms with Gasteiger partial charge in [-0.2, -0.15) is 0 Å². The molecule has 0 radical (unpaired) electrons. The SMILES string of the molecule is NC(=O)Nc1cccc(C2=C[C@H]([PH](c3ccccc3)(c3ccccc3)c3cccc(NC(N)=O)c3)O2)c1. The second-order valence-corrected chi connectivity index (χ2v) is 12.7. The van der Waals surface area contributed by atoms with E-state index < -0.39 is 19.3 Å². The fourth-order valence-electron chi connectivity index (χ4n) is 4.92. The monoisotopic (exact) mass is 510 g/mol. The van der Waals surface area contributed by atoms with Crippen LogP contribution in [0, 0.1) is 0 Å². The molecule has 7 nitrogen and oxygen atoms in total. The first kappa shape index (κ1) is 24.1. The maximum atomic E-state index is 11.6. The molecule has 1 atom stereocenters. The first-order valence-electron chi connectivity index (χ1n) is 11.8. The molecule has 0 aliphatic carbocycles. The Morgan fingerprint density at radius 1 is 0.649 bits per heavy atom. The summed E-state index contributed by atoms with van der Waals surface area (Å²) in [6.45, 7) is 0. The molecule has 37 heavy (non-hydrogen) atoms. The summed E-state index contributed by atoms with van der Waals surface area (Å²) < 4.78 is 6.60. The van der Waals surface area contributed by atoms with Gasteiger partial charge in [-0.05, 0) is 0 Å². The molecule has 0 saturated carbocycles. The van der Waals surface area contributed by atoms with E-state index in [9.17, 15) is 9.59 Å². The van der Waals surface area contributed by atoms with Crippen LogP contribution in [-0.4, -0.2) is 17.9 Å². The number of anilines is 2. The standard InChI is InChI=1S/C29H27N4O3P/c30-28(34)32-21-10-7-9-20(17-21)26-19-27(36-26)37(23-12-3-1-4-13-23,24-14-5-2-6-15-24)25-16-8-11-22(18-25)33-29(31)35/h1-19,27,37H,(H3,30,32,34)(H3,31,33,35)/t27-/m0/s1. The fraction of sp³-hybridized carbons (Fsp3) is 0.0345. The molecule has 0 bridgehead atoms. The van der Waals surface area contributed by atoms with Gasteiger partial charge in [0.1, 0.15) is 0 Å². The summed E-state index contributed by atoms with van der Waals surface area (Å²) in [5.74, 6) is 0.497. The molecule has 0 aromatic heterocycles. The van der Waals surface area contributed by atoms with Crippen LogP contribution in [0.15, 0.2) is 115 Å². The number of nitrogens with two attached hydrogens (primary N) is 2. The van der Waals surface area contributed by atoms with Gasteiger partial charge in [0.05, 0.1) is 0 Å². The van der Waals surface area contributed by atoms with E-state index in [-0.39, 0.29) is 5.85 Å². The predicted octanol–water partition coefficient (Wildman–Crippen LogP) is 4.09. The normalized spacial score (nSPS) is 14.9. The molecule has 0 saturated heterocycles. The van der Waals surface area contributed by atoms with Gasteiger partial charge < -0.3 is 0 Å². The molecule has 8 heteroatoms. The molecule has 0 unspecified atom stereocenters. The average molecular weight is 511 g/mol. The van der Waals surface area contributed by atoms with Gasteiger partial charge in [-0.15, -0.1) is 0 Å². The summed E-state index contributed by atoms with van der Waals surface area (Å²) in [6.07, 6.45) is 2.14. The van der Waals surface area contributed by atoms with Gasteiger partial charge >= 0.3 is 215 Å². The van der Waals surface area contributed by atoms with E-state index >= 15 is 0 Å². The molecule has 1 aliphatic heterocycles. The van der Waals surface area contributed by atoms with E-state index in [0.717, 1.165) is 16.6 Å². The number of primary amides is 2. The van der Waals surface area contributed by atoms with Crippen molar-refractivity contribution in [3.8, 4) is 0 Å². The van der Waals surface area contributed by atoms with Gasteiger partial charge in [-0.1, -0.05) is 0 Å².